The Hall–Kier alpha value is -1.75. The van der Waals surface area contributed by atoms with Gasteiger partial charge in [0.05, 0.1) is 6.61 Å². The van der Waals surface area contributed by atoms with Gasteiger partial charge in [0.2, 0.25) is 0 Å². The summed E-state index contributed by atoms with van der Waals surface area (Å²) in [6.07, 6.45) is 10.8. The highest BCUT2D eigenvalue weighted by molar-refractivity contribution is 5.91. The first kappa shape index (κ1) is 22.9. The molecule has 30 heavy (non-hydrogen) atoms. The molecule has 0 spiro atoms. The van der Waals surface area contributed by atoms with E-state index in [0.29, 0.717) is 29.3 Å². The number of ketones is 2. The van der Waals surface area contributed by atoms with Crippen molar-refractivity contribution >= 4 is 17.5 Å². The summed E-state index contributed by atoms with van der Waals surface area (Å²) in [6.45, 7) is 9.28. The summed E-state index contributed by atoms with van der Waals surface area (Å²) in [5.74, 6) is 2.38. The molecule has 1 unspecified atom stereocenters. The molecule has 1 N–H and O–H groups in total. The van der Waals surface area contributed by atoms with Crippen molar-refractivity contribution < 1.29 is 24.2 Å². The zero-order valence-corrected chi connectivity index (χ0v) is 18.6. The summed E-state index contributed by atoms with van der Waals surface area (Å²) in [5.41, 5.74) is 1.64. The number of carbonyl (C=O) groups excluding carboxylic acids is 3. The van der Waals surface area contributed by atoms with Crippen molar-refractivity contribution in [1.29, 1.82) is 0 Å². The first-order valence-corrected chi connectivity index (χ1v) is 11.4. The lowest BCUT2D eigenvalue weighted by atomic mass is 9.47. The van der Waals surface area contributed by atoms with Gasteiger partial charge in [-0.05, 0) is 74.7 Å². The van der Waals surface area contributed by atoms with E-state index in [0.717, 1.165) is 44.6 Å². The maximum Gasteiger partial charge on any atom is 0.330 e. The van der Waals surface area contributed by atoms with Gasteiger partial charge in [-0.15, -0.1) is 0 Å². The molecule has 0 saturated heterocycles. The summed E-state index contributed by atoms with van der Waals surface area (Å²) in [7, 11) is 0. The predicted octanol–water partition coefficient (Wildman–Crippen LogP) is 4.18. The van der Waals surface area contributed by atoms with Crippen LogP contribution in [0.15, 0.2) is 24.3 Å². The highest BCUT2D eigenvalue weighted by Gasteiger charge is 2.58. The number of ether oxygens (including phenoxy) is 1. The van der Waals surface area contributed by atoms with E-state index in [2.05, 4.69) is 25.2 Å². The molecule has 0 aromatic heterocycles. The average Bonchev–Trinajstić information content (AvgIpc) is 3.03. The van der Waals surface area contributed by atoms with Crippen LogP contribution in [-0.2, 0) is 19.1 Å². The van der Waals surface area contributed by atoms with E-state index in [1.807, 2.05) is 6.08 Å². The third-order valence-corrected chi connectivity index (χ3v) is 8.41. The van der Waals surface area contributed by atoms with Crippen LogP contribution in [0.4, 0.5) is 0 Å². The maximum atomic E-state index is 12.4. The Morgan fingerprint density at radius 3 is 2.53 bits per heavy atom. The third kappa shape index (κ3) is 4.05. The lowest BCUT2D eigenvalue weighted by Gasteiger charge is -2.56. The maximum absolute atomic E-state index is 12.4. The minimum Gasteiger partial charge on any atom is -0.457 e. The fraction of sp³-hybridized carbons (Fsp3) is 0.720. The summed E-state index contributed by atoms with van der Waals surface area (Å²) < 4.78 is 4.54. The van der Waals surface area contributed by atoms with Gasteiger partial charge in [0.1, 0.15) is 11.9 Å². The van der Waals surface area contributed by atoms with Crippen LogP contribution in [-0.4, -0.2) is 35.4 Å². The Morgan fingerprint density at radius 2 is 1.87 bits per heavy atom. The van der Waals surface area contributed by atoms with Crippen LogP contribution in [0.2, 0.25) is 0 Å². The predicted molar refractivity (Wildman–Crippen MR) is 115 cm³/mol. The van der Waals surface area contributed by atoms with E-state index < -0.39 is 12.1 Å². The number of rotatable bonds is 3. The van der Waals surface area contributed by atoms with E-state index in [-0.39, 0.29) is 17.4 Å². The van der Waals surface area contributed by atoms with Crippen LogP contribution in [0.5, 0.6) is 0 Å². The van der Waals surface area contributed by atoms with Gasteiger partial charge < -0.3 is 9.84 Å². The number of esters is 1. The monoisotopic (exact) mass is 416 g/mol. The number of hydrogen-bond acceptors (Lipinski definition) is 5. The molecule has 0 aromatic carbocycles. The lowest BCUT2D eigenvalue weighted by molar-refractivity contribution is -0.143. The van der Waals surface area contributed by atoms with Crippen LogP contribution >= 0.6 is 0 Å². The Morgan fingerprint density at radius 1 is 1.17 bits per heavy atom. The van der Waals surface area contributed by atoms with Gasteiger partial charge in [-0.3, -0.25) is 9.59 Å². The normalized spacial score (nSPS) is 38.1. The van der Waals surface area contributed by atoms with Gasteiger partial charge in [0.25, 0.3) is 0 Å². The SMILES string of the molecule is C=CC(=O)OC(C)CO.C[C@]12CCC(=O)C=C1CC[C@@H]1[C@@H]2CC[C@]2(C)C(=O)CC[C@@H]12. The molecule has 0 radical (unpaired) electrons. The van der Waals surface area contributed by atoms with Gasteiger partial charge in [-0.2, -0.15) is 0 Å². The summed E-state index contributed by atoms with van der Waals surface area (Å²) in [4.78, 5) is 34.5. The molecule has 3 fully saturated rings. The second-order valence-electron chi connectivity index (χ2n) is 10.0. The van der Waals surface area contributed by atoms with Gasteiger partial charge >= 0.3 is 5.97 Å². The zero-order valence-electron chi connectivity index (χ0n) is 18.6. The third-order valence-electron chi connectivity index (χ3n) is 8.41. The van der Waals surface area contributed by atoms with Gasteiger partial charge in [-0.25, -0.2) is 4.79 Å². The summed E-state index contributed by atoms with van der Waals surface area (Å²) in [5, 5.41) is 8.37. The Kier molecular flexibility index (Phi) is 6.71. The van der Waals surface area contributed by atoms with Crippen molar-refractivity contribution in [2.24, 2.45) is 28.6 Å². The highest BCUT2D eigenvalue weighted by Crippen LogP contribution is 2.64. The number of fused-ring (bicyclic) bond motifs is 5. The first-order valence-electron chi connectivity index (χ1n) is 11.4. The van der Waals surface area contributed by atoms with Crippen LogP contribution in [0.1, 0.15) is 72.1 Å². The van der Waals surface area contributed by atoms with Crippen LogP contribution in [0, 0.1) is 28.6 Å². The molecular formula is C25H36O5. The van der Waals surface area contributed by atoms with Crippen molar-refractivity contribution in [1.82, 2.24) is 0 Å². The Labute approximate surface area is 179 Å². The van der Waals surface area contributed by atoms with E-state index in [9.17, 15) is 14.4 Å². The Bertz CT molecular complexity index is 753. The summed E-state index contributed by atoms with van der Waals surface area (Å²) in [6, 6.07) is 0. The van der Waals surface area contributed by atoms with E-state index in [1.165, 1.54) is 18.4 Å². The smallest absolute Gasteiger partial charge is 0.330 e. The second kappa shape index (κ2) is 8.78. The van der Waals surface area contributed by atoms with Crippen molar-refractivity contribution in [3.8, 4) is 0 Å². The molecule has 0 heterocycles. The molecule has 166 valence electrons. The minimum atomic E-state index is -0.503. The summed E-state index contributed by atoms with van der Waals surface area (Å²) >= 11 is 0. The zero-order chi connectivity index (χ0) is 22.1. The van der Waals surface area contributed by atoms with Gasteiger partial charge in [0, 0.05) is 24.3 Å². The second-order valence-corrected chi connectivity index (χ2v) is 10.0. The molecule has 0 aliphatic heterocycles. The fourth-order valence-electron chi connectivity index (χ4n) is 6.61. The number of aliphatic hydroxyl groups is 1. The van der Waals surface area contributed by atoms with Crippen molar-refractivity contribution in [3.63, 3.8) is 0 Å². The van der Waals surface area contributed by atoms with Gasteiger partial charge in [-0.1, -0.05) is 26.0 Å². The van der Waals surface area contributed by atoms with Crippen LogP contribution in [0.25, 0.3) is 0 Å². The number of Topliss-reactive ketones (excluding diaryl/α,β-unsaturated/α-hetero) is 1. The highest BCUT2D eigenvalue weighted by atomic mass is 16.5. The van der Waals surface area contributed by atoms with Crippen molar-refractivity contribution in [2.45, 2.75) is 78.2 Å². The molecule has 4 rings (SSSR count). The molecule has 0 amide bonds. The first-order chi connectivity index (χ1) is 14.2. The quantitative estimate of drug-likeness (QED) is 0.551. The average molecular weight is 417 g/mol. The molecular weight excluding hydrogens is 380 g/mol. The van der Waals surface area contributed by atoms with Crippen LogP contribution < -0.4 is 0 Å². The standard InChI is InChI=1S/C19H26O2.C6H10O3/c1-18-9-7-13(20)11-12(18)3-4-14-15-5-6-17(21)19(15,2)10-8-16(14)18;1-3-6(8)9-5(2)4-7/h11,14-16H,3-10H2,1-2H3;3,5,7H,1,4H2,2H3/t14-,15-,16-,18-,19-;/m0./s1. The number of aliphatic hydroxyl groups excluding tert-OH is 1. The number of hydrogen-bond donors (Lipinski definition) is 1. The molecule has 6 atom stereocenters. The lowest BCUT2D eigenvalue weighted by Crippen LogP contribution is -2.50. The molecule has 0 bridgehead atoms. The largest absolute Gasteiger partial charge is 0.457 e. The molecule has 0 aromatic rings. The molecule has 5 heteroatoms. The van der Waals surface area contributed by atoms with E-state index >= 15 is 0 Å². The van der Waals surface area contributed by atoms with E-state index in [4.69, 9.17) is 5.11 Å². The minimum absolute atomic E-state index is 0.0246. The molecule has 4 aliphatic carbocycles. The van der Waals surface area contributed by atoms with Crippen molar-refractivity contribution in [2.75, 3.05) is 6.61 Å². The van der Waals surface area contributed by atoms with Crippen molar-refractivity contribution in [3.05, 3.63) is 24.3 Å². The number of carbonyl (C=O) groups is 3. The number of allylic oxidation sites excluding steroid dienone is 1. The Balaban J connectivity index is 0.000000244. The van der Waals surface area contributed by atoms with Gasteiger partial charge in [0.15, 0.2) is 5.78 Å². The van der Waals surface area contributed by atoms with Crippen LogP contribution in [0.3, 0.4) is 0 Å². The topological polar surface area (TPSA) is 80.7 Å². The van der Waals surface area contributed by atoms with E-state index in [1.54, 1.807) is 6.92 Å². The fourth-order valence-corrected chi connectivity index (χ4v) is 6.61. The molecule has 5 nitrogen and oxygen atoms in total. The molecule has 4 aliphatic rings. The molecule has 3 saturated carbocycles.